The van der Waals surface area contributed by atoms with Crippen molar-refractivity contribution < 1.29 is 28.7 Å². The average Bonchev–Trinajstić information content (AvgIpc) is 2.46. The average molecular weight is 278 g/mol. The topological polar surface area (TPSA) is 86.7 Å². The Kier molecular flexibility index (Phi) is 5.58. The Hall–Kier alpha value is -2.50. The second-order valence-electron chi connectivity index (χ2n) is 3.68. The molecule has 0 radical (unpaired) electrons. The molecule has 6 heteroatoms. The van der Waals surface area contributed by atoms with Crippen molar-refractivity contribution in [3.63, 3.8) is 0 Å². The smallest absolute Gasteiger partial charge is 0.379 e. The van der Waals surface area contributed by atoms with Gasteiger partial charge in [-0.1, -0.05) is 18.2 Å². The van der Waals surface area contributed by atoms with Crippen LogP contribution in [0.25, 0.3) is 0 Å². The molecule has 20 heavy (non-hydrogen) atoms. The van der Waals surface area contributed by atoms with E-state index in [2.05, 4.69) is 9.47 Å². The van der Waals surface area contributed by atoms with Crippen molar-refractivity contribution in [2.45, 2.75) is 13.8 Å². The quantitative estimate of drug-likeness (QED) is 0.441. The van der Waals surface area contributed by atoms with Crippen molar-refractivity contribution >= 4 is 23.5 Å². The largest absolute Gasteiger partial charge is 0.460 e. The molecule has 1 aromatic carbocycles. The lowest BCUT2D eigenvalue weighted by molar-refractivity contribution is -0.138. The summed E-state index contributed by atoms with van der Waals surface area (Å²) in [6.45, 7) is 3.30. The number of rotatable bonds is 6. The molecule has 0 saturated carbocycles. The molecule has 0 atom stereocenters. The highest BCUT2D eigenvalue weighted by atomic mass is 16.5. The summed E-state index contributed by atoms with van der Waals surface area (Å²) in [4.78, 5) is 46.0. The first kappa shape index (κ1) is 15.6. The van der Waals surface area contributed by atoms with E-state index in [0.29, 0.717) is 0 Å². The van der Waals surface area contributed by atoms with Crippen LogP contribution in [-0.2, 0) is 19.1 Å². The molecule has 0 bridgehead atoms. The second-order valence-corrected chi connectivity index (χ2v) is 3.68. The lowest BCUT2D eigenvalue weighted by Gasteiger charge is -2.04. The number of carbonyl (C=O) groups is 4. The van der Waals surface area contributed by atoms with E-state index in [1.165, 1.54) is 24.3 Å². The zero-order valence-corrected chi connectivity index (χ0v) is 11.2. The van der Waals surface area contributed by atoms with Crippen LogP contribution in [0, 0.1) is 0 Å². The molecule has 1 aromatic rings. The summed E-state index contributed by atoms with van der Waals surface area (Å²) in [5, 5.41) is 0. The molecule has 0 aliphatic carbocycles. The van der Waals surface area contributed by atoms with Crippen LogP contribution in [-0.4, -0.2) is 36.7 Å². The van der Waals surface area contributed by atoms with Crippen LogP contribution < -0.4 is 0 Å². The summed E-state index contributed by atoms with van der Waals surface area (Å²) in [5.41, 5.74) is -0.0304. The van der Waals surface area contributed by atoms with Gasteiger partial charge in [0.1, 0.15) is 0 Å². The molecular formula is C14H14O6. The molecule has 0 heterocycles. The standard InChI is InChI=1S/C14H14O6/c1-3-19-13(17)11(15)9-6-5-7-10(8-9)12(16)14(18)20-4-2/h5-8H,3-4H2,1-2H3. The number of ether oxygens (including phenoxy) is 2. The predicted octanol–water partition coefficient (Wildman–Crippen LogP) is 1.18. The van der Waals surface area contributed by atoms with Crippen LogP contribution in [0.4, 0.5) is 0 Å². The third-order valence-corrected chi connectivity index (χ3v) is 2.31. The number of esters is 2. The molecule has 0 aliphatic rings. The van der Waals surface area contributed by atoms with Crippen LogP contribution in [0.15, 0.2) is 24.3 Å². The Morgan fingerprint density at radius 2 is 1.25 bits per heavy atom. The Balaban J connectivity index is 2.96. The zero-order valence-electron chi connectivity index (χ0n) is 11.2. The molecule has 0 amide bonds. The fraction of sp³-hybridized carbons (Fsp3) is 0.286. The summed E-state index contributed by atoms with van der Waals surface area (Å²) in [6, 6.07) is 5.29. The Labute approximate surface area is 115 Å². The van der Waals surface area contributed by atoms with Gasteiger partial charge in [0.05, 0.1) is 13.2 Å². The molecule has 6 nitrogen and oxygen atoms in total. The summed E-state index contributed by atoms with van der Waals surface area (Å²) < 4.78 is 9.16. The third kappa shape index (κ3) is 3.74. The maximum atomic E-state index is 11.7. The summed E-state index contributed by atoms with van der Waals surface area (Å²) in [5.74, 6) is -3.75. The zero-order chi connectivity index (χ0) is 15.1. The number of hydrogen-bond donors (Lipinski definition) is 0. The van der Waals surface area contributed by atoms with E-state index in [9.17, 15) is 19.2 Å². The van der Waals surface area contributed by atoms with Crippen molar-refractivity contribution in [2.75, 3.05) is 13.2 Å². The van der Waals surface area contributed by atoms with Gasteiger partial charge in [0.15, 0.2) is 0 Å². The monoisotopic (exact) mass is 278 g/mol. The molecule has 106 valence electrons. The van der Waals surface area contributed by atoms with Gasteiger partial charge in [-0.2, -0.15) is 0 Å². The van der Waals surface area contributed by atoms with E-state index in [1.54, 1.807) is 13.8 Å². The van der Waals surface area contributed by atoms with E-state index in [-0.39, 0.29) is 24.3 Å². The summed E-state index contributed by atoms with van der Waals surface area (Å²) in [6.07, 6.45) is 0. The molecule has 0 aromatic heterocycles. The fourth-order valence-electron chi connectivity index (χ4n) is 1.43. The van der Waals surface area contributed by atoms with Crippen LogP contribution in [0.2, 0.25) is 0 Å². The van der Waals surface area contributed by atoms with Crippen LogP contribution in [0.5, 0.6) is 0 Å². The van der Waals surface area contributed by atoms with E-state index >= 15 is 0 Å². The second kappa shape index (κ2) is 7.18. The van der Waals surface area contributed by atoms with Gasteiger partial charge in [-0.25, -0.2) is 9.59 Å². The first-order valence-electron chi connectivity index (χ1n) is 6.04. The molecule has 1 rings (SSSR count). The SMILES string of the molecule is CCOC(=O)C(=O)c1cccc(C(=O)C(=O)OCC)c1. The molecule has 0 aliphatic heterocycles. The highest BCUT2D eigenvalue weighted by Gasteiger charge is 2.21. The first-order valence-corrected chi connectivity index (χ1v) is 6.04. The fourth-order valence-corrected chi connectivity index (χ4v) is 1.43. The van der Waals surface area contributed by atoms with E-state index in [0.717, 1.165) is 0 Å². The molecule has 0 fully saturated rings. The lowest BCUT2D eigenvalue weighted by Crippen LogP contribution is -2.20. The van der Waals surface area contributed by atoms with Gasteiger partial charge in [-0.3, -0.25) is 9.59 Å². The van der Waals surface area contributed by atoms with Gasteiger partial charge in [0, 0.05) is 11.1 Å². The Morgan fingerprint density at radius 3 is 1.60 bits per heavy atom. The van der Waals surface area contributed by atoms with E-state index in [4.69, 9.17) is 0 Å². The lowest BCUT2D eigenvalue weighted by atomic mass is 10.0. The van der Waals surface area contributed by atoms with E-state index in [1.807, 2.05) is 0 Å². The Morgan fingerprint density at radius 1 is 0.850 bits per heavy atom. The van der Waals surface area contributed by atoms with Crippen molar-refractivity contribution in [3.8, 4) is 0 Å². The number of carbonyl (C=O) groups excluding carboxylic acids is 4. The number of Topliss-reactive ketones (excluding diaryl/α,β-unsaturated/α-hetero) is 2. The maximum Gasteiger partial charge on any atom is 0.379 e. The number of hydrogen-bond acceptors (Lipinski definition) is 6. The minimum atomic E-state index is -1.01. The van der Waals surface area contributed by atoms with Gasteiger partial charge in [-0.05, 0) is 19.9 Å². The molecule has 0 saturated heterocycles. The first-order chi connectivity index (χ1) is 9.51. The van der Waals surface area contributed by atoms with Crippen LogP contribution in [0.3, 0.4) is 0 Å². The highest BCUT2D eigenvalue weighted by Crippen LogP contribution is 2.09. The highest BCUT2D eigenvalue weighted by molar-refractivity contribution is 6.42. The van der Waals surface area contributed by atoms with Gasteiger partial charge >= 0.3 is 11.9 Å². The van der Waals surface area contributed by atoms with Crippen molar-refractivity contribution in [3.05, 3.63) is 35.4 Å². The predicted molar refractivity (Wildman–Crippen MR) is 68.4 cm³/mol. The summed E-state index contributed by atoms with van der Waals surface area (Å²) >= 11 is 0. The minimum Gasteiger partial charge on any atom is -0.460 e. The molecule has 0 N–H and O–H groups in total. The number of ketones is 2. The molecule has 0 unspecified atom stereocenters. The molecule has 0 spiro atoms. The van der Waals surface area contributed by atoms with Gasteiger partial charge < -0.3 is 9.47 Å². The Bertz CT molecular complexity index is 501. The van der Waals surface area contributed by atoms with E-state index < -0.39 is 23.5 Å². The normalized spacial score (nSPS) is 9.70. The summed E-state index contributed by atoms with van der Waals surface area (Å²) in [7, 11) is 0. The number of benzene rings is 1. The van der Waals surface area contributed by atoms with Crippen molar-refractivity contribution in [1.82, 2.24) is 0 Å². The molecular weight excluding hydrogens is 264 g/mol. The minimum absolute atomic E-state index is 0.0152. The van der Waals surface area contributed by atoms with Crippen molar-refractivity contribution in [2.24, 2.45) is 0 Å². The van der Waals surface area contributed by atoms with Crippen molar-refractivity contribution in [1.29, 1.82) is 0 Å². The van der Waals surface area contributed by atoms with Crippen LogP contribution in [0.1, 0.15) is 34.6 Å². The maximum absolute atomic E-state index is 11.7. The van der Waals surface area contributed by atoms with Gasteiger partial charge in [0.25, 0.3) is 11.6 Å². The third-order valence-electron chi connectivity index (χ3n) is 2.31. The van der Waals surface area contributed by atoms with Gasteiger partial charge in [0.2, 0.25) is 0 Å². The van der Waals surface area contributed by atoms with Crippen LogP contribution >= 0.6 is 0 Å². The van der Waals surface area contributed by atoms with Gasteiger partial charge in [-0.15, -0.1) is 0 Å².